The van der Waals surface area contributed by atoms with E-state index >= 15 is 0 Å². The highest BCUT2D eigenvalue weighted by atomic mass is 16.4. The monoisotopic (exact) mass is 445 g/mol. The summed E-state index contributed by atoms with van der Waals surface area (Å²) < 4.78 is 0. The number of hydrogen-bond acceptors (Lipinski definition) is 7. The maximum atomic E-state index is 12.7. The molecule has 0 radical (unpaired) electrons. The SMILES string of the molecule is CC(C)CC(NC(=O)C(CC(=O)O)NC(=O)C(N)CCCCN)C(=O)NC(C)C(=O)O. The molecule has 9 N–H and O–H groups in total. The second kappa shape index (κ2) is 14.3. The Bertz CT molecular complexity index is 641. The Labute approximate surface area is 181 Å². The molecule has 0 bridgehead atoms. The molecular formula is C19H35N5O7. The zero-order valence-corrected chi connectivity index (χ0v) is 18.2. The Hall–Kier alpha value is -2.73. The molecule has 0 aliphatic heterocycles. The van der Waals surface area contributed by atoms with Gasteiger partial charge < -0.3 is 37.6 Å². The van der Waals surface area contributed by atoms with Gasteiger partial charge in [-0.2, -0.15) is 0 Å². The first-order chi connectivity index (χ1) is 14.4. The maximum absolute atomic E-state index is 12.7. The number of carboxylic acid groups (broad SMARTS) is 2. The van der Waals surface area contributed by atoms with Crippen molar-refractivity contribution in [1.29, 1.82) is 0 Å². The van der Waals surface area contributed by atoms with Gasteiger partial charge in [-0.05, 0) is 38.6 Å². The van der Waals surface area contributed by atoms with Crippen molar-refractivity contribution in [2.45, 2.75) is 77.0 Å². The zero-order valence-electron chi connectivity index (χ0n) is 18.2. The quantitative estimate of drug-likeness (QED) is 0.146. The van der Waals surface area contributed by atoms with Crippen molar-refractivity contribution in [3.63, 3.8) is 0 Å². The lowest BCUT2D eigenvalue weighted by atomic mass is 10.0. The van der Waals surface area contributed by atoms with Gasteiger partial charge in [-0.1, -0.05) is 20.3 Å². The Morgan fingerprint density at radius 1 is 0.839 bits per heavy atom. The van der Waals surface area contributed by atoms with Crippen LogP contribution in [0.5, 0.6) is 0 Å². The fraction of sp³-hybridized carbons (Fsp3) is 0.737. The lowest BCUT2D eigenvalue weighted by Crippen LogP contribution is -2.57. The average molecular weight is 446 g/mol. The summed E-state index contributed by atoms with van der Waals surface area (Å²) in [5.41, 5.74) is 11.2. The van der Waals surface area contributed by atoms with Crippen LogP contribution in [0.1, 0.15) is 52.9 Å². The summed E-state index contributed by atoms with van der Waals surface area (Å²) in [5, 5.41) is 25.1. The van der Waals surface area contributed by atoms with Crippen LogP contribution in [0.2, 0.25) is 0 Å². The summed E-state index contributed by atoms with van der Waals surface area (Å²) in [6.45, 7) is 5.31. The highest BCUT2D eigenvalue weighted by Gasteiger charge is 2.31. The molecule has 0 aliphatic carbocycles. The van der Waals surface area contributed by atoms with Gasteiger partial charge in [0.2, 0.25) is 17.7 Å². The van der Waals surface area contributed by atoms with Gasteiger partial charge in [0.05, 0.1) is 12.5 Å². The first-order valence-corrected chi connectivity index (χ1v) is 10.2. The number of aliphatic carboxylic acids is 2. The van der Waals surface area contributed by atoms with E-state index in [0.29, 0.717) is 25.8 Å². The van der Waals surface area contributed by atoms with Gasteiger partial charge in [-0.3, -0.25) is 24.0 Å². The lowest BCUT2D eigenvalue weighted by Gasteiger charge is -2.25. The third-order valence-electron chi connectivity index (χ3n) is 4.39. The van der Waals surface area contributed by atoms with Gasteiger partial charge in [0.25, 0.3) is 0 Å². The molecule has 0 aromatic rings. The van der Waals surface area contributed by atoms with Gasteiger partial charge in [0.1, 0.15) is 18.1 Å². The normalized spacial score (nSPS) is 14.8. The number of nitrogens with two attached hydrogens (primary N) is 2. The molecule has 12 heteroatoms. The van der Waals surface area contributed by atoms with E-state index in [1.165, 1.54) is 6.92 Å². The van der Waals surface area contributed by atoms with E-state index in [0.717, 1.165) is 0 Å². The Morgan fingerprint density at radius 2 is 1.39 bits per heavy atom. The summed E-state index contributed by atoms with van der Waals surface area (Å²) in [7, 11) is 0. The Morgan fingerprint density at radius 3 is 1.87 bits per heavy atom. The molecule has 12 nitrogen and oxygen atoms in total. The van der Waals surface area contributed by atoms with E-state index in [9.17, 15) is 24.0 Å². The van der Waals surface area contributed by atoms with Crippen LogP contribution in [0.4, 0.5) is 0 Å². The van der Waals surface area contributed by atoms with Crippen LogP contribution in [0.15, 0.2) is 0 Å². The first-order valence-electron chi connectivity index (χ1n) is 10.2. The first kappa shape index (κ1) is 28.3. The number of unbranched alkanes of at least 4 members (excludes halogenated alkanes) is 1. The van der Waals surface area contributed by atoms with Crippen LogP contribution in [0.3, 0.4) is 0 Å². The number of carboxylic acids is 2. The second-order valence-corrected chi connectivity index (χ2v) is 7.81. The van der Waals surface area contributed by atoms with E-state index in [1.807, 2.05) is 0 Å². The van der Waals surface area contributed by atoms with Crippen LogP contribution in [0.25, 0.3) is 0 Å². The van der Waals surface area contributed by atoms with Gasteiger partial charge >= 0.3 is 11.9 Å². The van der Waals surface area contributed by atoms with E-state index in [-0.39, 0.29) is 12.3 Å². The summed E-state index contributed by atoms with van der Waals surface area (Å²) in [6, 6.07) is -4.69. The maximum Gasteiger partial charge on any atom is 0.325 e. The van der Waals surface area contributed by atoms with Crippen LogP contribution < -0.4 is 27.4 Å². The van der Waals surface area contributed by atoms with E-state index < -0.39 is 60.2 Å². The highest BCUT2D eigenvalue weighted by Crippen LogP contribution is 2.07. The fourth-order valence-corrected chi connectivity index (χ4v) is 2.65. The van der Waals surface area contributed by atoms with Crippen LogP contribution in [0, 0.1) is 5.92 Å². The molecule has 0 saturated carbocycles. The second-order valence-electron chi connectivity index (χ2n) is 7.81. The molecule has 0 aromatic heterocycles. The van der Waals surface area contributed by atoms with Crippen molar-refractivity contribution in [2.75, 3.05) is 6.54 Å². The smallest absolute Gasteiger partial charge is 0.325 e. The molecule has 0 fully saturated rings. The van der Waals surface area contributed by atoms with Crippen molar-refractivity contribution < 1.29 is 34.2 Å². The standard InChI is InChI=1S/C19H35N5O7/c1-10(2)8-13(17(28)22-11(3)19(30)31)24-18(29)14(9-15(25)26)23-16(27)12(21)6-4-5-7-20/h10-14H,4-9,20-21H2,1-3H3,(H,22,28)(H,23,27)(H,24,29)(H,25,26)(H,30,31). The number of hydrogen-bond donors (Lipinski definition) is 7. The molecule has 0 spiro atoms. The van der Waals surface area contributed by atoms with Gasteiger partial charge in [0, 0.05) is 0 Å². The lowest BCUT2D eigenvalue weighted by molar-refractivity contribution is -0.143. The number of rotatable bonds is 15. The van der Waals surface area contributed by atoms with Crippen molar-refractivity contribution in [3.05, 3.63) is 0 Å². The predicted octanol–water partition coefficient (Wildman–Crippen LogP) is -1.48. The van der Waals surface area contributed by atoms with Crippen molar-refractivity contribution in [2.24, 2.45) is 17.4 Å². The zero-order chi connectivity index (χ0) is 24.1. The highest BCUT2D eigenvalue weighted by molar-refractivity contribution is 5.95. The van der Waals surface area contributed by atoms with E-state index in [4.69, 9.17) is 21.7 Å². The van der Waals surface area contributed by atoms with E-state index in [2.05, 4.69) is 16.0 Å². The molecule has 0 aromatic carbocycles. The van der Waals surface area contributed by atoms with Crippen molar-refractivity contribution in [1.82, 2.24) is 16.0 Å². The average Bonchev–Trinajstić information content (AvgIpc) is 2.65. The largest absolute Gasteiger partial charge is 0.481 e. The Balaban J connectivity index is 5.28. The molecule has 178 valence electrons. The molecule has 31 heavy (non-hydrogen) atoms. The number of nitrogens with one attached hydrogen (secondary N) is 3. The topological polar surface area (TPSA) is 214 Å². The molecule has 4 unspecified atom stereocenters. The number of amides is 3. The van der Waals surface area contributed by atoms with Gasteiger partial charge in [0.15, 0.2) is 0 Å². The molecule has 3 amide bonds. The van der Waals surface area contributed by atoms with Crippen molar-refractivity contribution >= 4 is 29.7 Å². The van der Waals surface area contributed by atoms with E-state index in [1.54, 1.807) is 13.8 Å². The molecular weight excluding hydrogens is 410 g/mol. The third-order valence-corrected chi connectivity index (χ3v) is 4.39. The minimum Gasteiger partial charge on any atom is -0.481 e. The molecule has 0 aliphatic rings. The summed E-state index contributed by atoms with van der Waals surface area (Å²) >= 11 is 0. The van der Waals surface area contributed by atoms with Gasteiger partial charge in [-0.15, -0.1) is 0 Å². The molecule has 0 rings (SSSR count). The Kier molecular flexibility index (Phi) is 13.0. The van der Waals surface area contributed by atoms with Crippen LogP contribution >= 0.6 is 0 Å². The predicted molar refractivity (Wildman–Crippen MR) is 112 cm³/mol. The van der Waals surface area contributed by atoms with Crippen LogP contribution in [-0.4, -0.2) is 70.6 Å². The summed E-state index contributed by atoms with van der Waals surface area (Å²) in [4.78, 5) is 59.5. The third kappa shape index (κ3) is 11.9. The fourth-order valence-electron chi connectivity index (χ4n) is 2.65. The van der Waals surface area contributed by atoms with Crippen molar-refractivity contribution in [3.8, 4) is 0 Å². The summed E-state index contributed by atoms with van der Waals surface area (Å²) in [6.07, 6.45) is 1.04. The number of carbonyl (C=O) groups excluding carboxylic acids is 3. The molecule has 4 atom stereocenters. The summed E-state index contributed by atoms with van der Waals surface area (Å²) in [5.74, 6) is -4.92. The minimum absolute atomic E-state index is 0.0420. The minimum atomic E-state index is -1.45. The molecule has 0 saturated heterocycles. The number of carbonyl (C=O) groups is 5. The van der Waals surface area contributed by atoms with Gasteiger partial charge in [-0.25, -0.2) is 0 Å². The molecule has 0 heterocycles. The van der Waals surface area contributed by atoms with Crippen LogP contribution in [-0.2, 0) is 24.0 Å².